The molecule has 3 aliphatic rings. The summed E-state index contributed by atoms with van der Waals surface area (Å²) < 4.78 is 37.9. The normalized spacial score (nSPS) is 26.4. The third-order valence-electron chi connectivity index (χ3n) is 5.67. The Morgan fingerprint density at radius 3 is 2.43 bits per heavy atom. The number of likely N-dealkylation sites (tertiary alicyclic amines) is 2. The van der Waals surface area contributed by atoms with E-state index in [1.807, 2.05) is 16.2 Å². The summed E-state index contributed by atoms with van der Waals surface area (Å²) in [4.78, 5) is 28.5. The van der Waals surface area contributed by atoms with Crippen molar-refractivity contribution >= 4 is 23.2 Å². The number of rotatable bonds is 4. The molecule has 1 aromatic heterocycles. The first-order valence-electron chi connectivity index (χ1n) is 10.1. The Labute approximate surface area is 177 Å². The van der Waals surface area contributed by atoms with Crippen LogP contribution < -0.4 is 0 Å². The predicted molar refractivity (Wildman–Crippen MR) is 105 cm³/mol. The van der Waals surface area contributed by atoms with E-state index in [9.17, 15) is 18.0 Å². The molecule has 4 heterocycles. The summed E-state index contributed by atoms with van der Waals surface area (Å²) in [6.07, 6.45) is -0.600. The highest BCUT2D eigenvalue weighted by Gasteiger charge is 2.42. The summed E-state index contributed by atoms with van der Waals surface area (Å²) in [5, 5.41) is 7.12. The van der Waals surface area contributed by atoms with Gasteiger partial charge in [0.25, 0.3) is 0 Å². The van der Waals surface area contributed by atoms with Crippen molar-refractivity contribution in [1.82, 2.24) is 9.80 Å². The van der Waals surface area contributed by atoms with Gasteiger partial charge in [-0.1, -0.05) is 0 Å². The van der Waals surface area contributed by atoms with Crippen LogP contribution in [0, 0.1) is 12.8 Å². The van der Waals surface area contributed by atoms with Crippen molar-refractivity contribution in [2.75, 3.05) is 26.2 Å². The number of aryl methyl sites for hydroxylation is 1. The molecule has 0 aromatic carbocycles. The number of nitrogens with zero attached hydrogens (tertiary/aromatic N) is 2. The second kappa shape index (κ2) is 9.65. The second-order valence-corrected chi connectivity index (χ2v) is 9.47. The van der Waals surface area contributed by atoms with Gasteiger partial charge in [-0.15, -0.1) is 11.3 Å². The number of aliphatic carboxylic acids is 1. The van der Waals surface area contributed by atoms with E-state index >= 15 is 0 Å². The molecule has 0 spiro atoms. The van der Waals surface area contributed by atoms with Gasteiger partial charge in [-0.05, 0) is 38.3 Å². The van der Waals surface area contributed by atoms with Gasteiger partial charge in [0.15, 0.2) is 0 Å². The van der Waals surface area contributed by atoms with Crippen molar-refractivity contribution in [3.8, 4) is 0 Å². The van der Waals surface area contributed by atoms with E-state index in [0.29, 0.717) is 24.3 Å². The molecule has 3 saturated heterocycles. The van der Waals surface area contributed by atoms with Crippen molar-refractivity contribution in [1.29, 1.82) is 0 Å². The predicted octanol–water partition coefficient (Wildman–Crippen LogP) is 3.29. The molecule has 0 aliphatic carbocycles. The van der Waals surface area contributed by atoms with E-state index in [-0.39, 0.29) is 6.10 Å². The lowest BCUT2D eigenvalue weighted by molar-refractivity contribution is -0.192. The quantitative estimate of drug-likeness (QED) is 0.766. The summed E-state index contributed by atoms with van der Waals surface area (Å²) >= 11 is 1.89. The maximum Gasteiger partial charge on any atom is 0.490 e. The highest BCUT2D eigenvalue weighted by atomic mass is 32.1. The van der Waals surface area contributed by atoms with Crippen LogP contribution in [0.5, 0.6) is 0 Å². The molecule has 1 amide bonds. The number of hydrogen-bond acceptors (Lipinski definition) is 5. The molecule has 0 unspecified atom stereocenters. The third kappa shape index (κ3) is 6.18. The minimum atomic E-state index is -5.08. The van der Waals surface area contributed by atoms with Crippen LogP contribution >= 0.6 is 11.3 Å². The molecular weight excluding hydrogens is 421 g/mol. The van der Waals surface area contributed by atoms with E-state index in [0.717, 1.165) is 39.1 Å². The number of carboxylic acid groups (broad SMARTS) is 1. The Morgan fingerprint density at radius 2 is 1.90 bits per heavy atom. The van der Waals surface area contributed by atoms with Gasteiger partial charge in [0.05, 0.1) is 18.6 Å². The van der Waals surface area contributed by atoms with Crippen LogP contribution in [0.1, 0.15) is 35.4 Å². The summed E-state index contributed by atoms with van der Waals surface area (Å²) in [6, 6.07) is 4.44. The Bertz CT molecular complexity index is 735. The zero-order chi connectivity index (χ0) is 21.9. The molecular formula is C20H27F3N2O4S. The number of amides is 1. The van der Waals surface area contributed by atoms with E-state index in [2.05, 4.69) is 24.0 Å². The topological polar surface area (TPSA) is 70.1 Å². The molecule has 0 bridgehead atoms. The number of fused-ring (bicyclic) bond motifs is 1. The van der Waals surface area contributed by atoms with Gasteiger partial charge in [-0.2, -0.15) is 13.2 Å². The van der Waals surface area contributed by atoms with Gasteiger partial charge in [0, 0.05) is 48.4 Å². The molecule has 168 valence electrons. The van der Waals surface area contributed by atoms with E-state index < -0.39 is 12.1 Å². The van der Waals surface area contributed by atoms with Crippen molar-refractivity contribution in [3.05, 3.63) is 21.9 Å². The maximum atomic E-state index is 12.3. The summed E-state index contributed by atoms with van der Waals surface area (Å²) in [5.74, 6) is -1.83. The molecule has 1 N–H and O–H groups in total. The summed E-state index contributed by atoms with van der Waals surface area (Å²) in [5.41, 5.74) is 0. The molecule has 10 heteroatoms. The standard InChI is InChI=1S/C18H26N2O2S.C2HF3O2/c1-13-4-5-16(23-13)11-19-10-14-8-15(22-17(14)12-19)9-18(21)20-6-2-3-7-20;3-2(4,5)1(6)7/h4-5,14-15,17H,2-3,6-12H2,1H3;(H,6,7)/t14-,15-,17+;/m0./s1. The SMILES string of the molecule is Cc1ccc(CN2C[C@@H]3C[C@@H](CC(=O)N4CCCC4)O[C@@H]3C2)s1.O=C(O)C(F)(F)F. The average molecular weight is 449 g/mol. The van der Waals surface area contributed by atoms with Crippen LogP contribution in [-0.2, 0) is 20.9 Å². The van der Waals surface area contributed by atoms with Gasteiger partial charge in [-0.25, -0.2) is 4.79 Å². The van der Waals surface area contributed by atoms with Crippen molar-refractivity contribution in [2.45, 2.75) is 57.5 Å². The van der Waals surface area contributed by atoms with E-state index in [1.165, 1.54) is 22.6 Å². The van der Waals surface area contributed by atoms with Gasteiger partial charge in [-0.3, -0.25) is 9.69 Å². The summed E-state index contributed by atoms with van der Waals surface area (Å²) in [7, 11) is 0. The Kier molecular flexibility index (Phi) is 7.41. The minimum Gasteiger partial charge on any atom is -0.475 e. The van der Waals surface area contributed by atoms with E-state index in [4.69, 9.17) is 14.6 Å². The third-order valence-corrected chi connectivity index (χ3v) is 6.65. The molecule has 1 aromatic rings. The fourth-order valence-corrected chi connectivity index (χ4v) is 5.22. The maximum absolute atomic E-state index is 12.3. The Morgan fingerprint density at radius 1 is 1.23 bits per heavy atom. The first-order valence-corrected chi connectivity index (χ1v) is 10.9. The lowest BCUT2D eigenvalue weighted by Gasteiger charge is -2.20. The monoisotopic (exact) mass is 448 g/mol. The minimum absolute atomic E-state index is 0.157. The van der Waals surface area contributed by atoms with Crippen molar-refractivity contribution < 1.29 is 32.6 Å². The highest BCUT2D eigenvalue weighted by Crippen LogP contribution is 2.35. The molecule has 0 saturated carbocycles. The van der Waals surface area contributed by atoms with Gasteiger partial charge < -0.3 is 14.7 Å². The average Bonchev–Trinajstić information content (AvgIpc) is 3.40. The lowest BCUT2D eigenvalue weighted by atomic mass is 10.0. The number of carboxylic acids is 1. The number of hydrogen-bond donors (Lipinski definition) is 1. The zero-order valence-corrected chi connectivity index (χ0v) is 17.7. The number of alkyl halides is 3. The van der Waals surface area contributed by atoms with Crippen molar-refractivity contribution in [3.63, 3.8) is 0 Å². The first-order chi connectivity index (χ1) is 14.1. The largest absolute Gasteiger partial charge is 0.490 e. The van der Waals surface area contributed by atoms with Crippen LogP contribution in [0.4, 0.5) is 13.2 Å². The second-order valence-electron chi connectivity index (χ2n) is 8.09. The number of thiophene rings is 1. The molecule has 6 nitrogen and oxygen atoms in total. The molecule has 3 fully saturated rings. The van der Waals surface area contributed by atoms with Gasteiger partial charge in [0.2, 0.25) is 5.91 Å². The molecule has 3 aliphatic heterocycles. The first kappa shape index (κ1) is 23.0. The van der Waals surface area contributed by atoms with E-state index in [1.54, 1.807) is 0 Å². The lowest BCUT2D eigenvalue weighted by Crippen LogP contribution is -2.32. The molecule has 30 heavy (non-hydrogen) atoms. The molecule has 4 rings (SSSR count). The highest BCUT2D eigenvalue weighted by molar-refractivity contribution is 7.11. The number of ether oxygens (including phenoxy) is 1. The smallest absolute Gasteiger partial charge is 0.475 e. The van der Waals surface area contributed by atoms with Crippen LogP contribution in [0.15, 0.2) is 12.1 Å². The fraction of sp³-hybridized carbons (Fsp3) is 0.700. The van der Waals surface area contributed by atoms with Crippen LogP contribution in [0.2, 0.25) is 0 Å². The Balaban J connectivity index is 0.000000318. The Hall–Kier alpha value is -1.65. The molecule has 0 radical (unpaired) electrons. The van der Waals surface area contributed by atoms with Gasteiger partial charge in [0.1, 0.15) is 0 Å². The van der Waals surface area contributed by atoms with Crippen molar-refractivity contribution in [2.24, 2.45) is 5.92 Å². The number of carbonyl (C=O) groups is 2. The molecule has 3 atom stereocenters. The fourth-order valence-electron chi connectivity index (χ4n) is 4.29. The van der Waals surface area contributed by atoms with Crippen LogP contribution in [0.3, 0.4) is 0 Å². The van der Waals surface area contributed by atoms with Crippen LogP contribution in [-0.4, -0.2) is 71.3 Å². The van der Waals surface area contributed by atoms with Gasteiger partial charge >= 0.3 is 12.1 Å². The summed E-state index contributed by atoms with van der Waals surface area (Å²) in [6.45, 7) is 7.26. The number of carbonyl (C=O) groups excluding carboxylic acids is 1. The zero-order valence-electron chi connectivity index (χ0n) is 16.9. The van der Waals surface area contributed by atoms with Crippen LogP contribution in [0.25, 0.3) is 0 Å². The number of halogens is 3.